The number of aromatic nitrogens is 2. The number of benzene rings is 1. The van der Waals surface area contributed by atoms with Gasteiger partial charge in [0.1, 0.15) is 0 Å². The lowest BCUT2D eigenvalue weighted by atomic mass is 10.1. The predicted octanol–water partition coefficient (Wildman–Crippen LogP) is 2.31. The van der Waals surface area contributed by atoms with Crippen LogP contribution in [0.25, 0.3) is 5.69 Å². The molecule has 0 saturated heterocycles. The van der Waals surface area contributed by atoms with Crippen LogP contribution in [0.5, 0.6) is 0 Å². The number of hydrogen-bond donors (Lipinski definition) is 2. The molecule has 1 fully saturated rings. The SMILES string of the molecule is CN=C(NCCc1ccc(-n2cccn2)cc1)NCCN(CCOC)C1CC1.I. The summed E-state index contributed by atoms with van der Waals surface area (Å²) in [5.74, 6) is 0.857. The first-order chi connectivity index (χ1) is 13.8. The molecule has 1 aliphatic rings. The van der Waals surface area contributed by atoms with Crippen LogP contribution in [0.3, 0.4) is 0 Å². The van der Waals surface area contributed by atoms with Gasteiger partial charge < -0.3 is 15.4 Å². The quantitative estimate of drug-likeness (QED) is 0.275. The highest BCUT2D eigenvalue weighted by atomic mass is 127. The molecule has 3 rings (SSSR count). The molecular weight excluding hydrogens is 479 g/mol. The molecule has 0 bridgehead atoms. The fourth-order valence-electron chi connectivity index (χ4n) is 3.23. The van der Waals surface area contributed by atoms with E-state index >= 15 is 0 Å². The topological polar surface area (TPSA) is 66.7 Å². The van der Waals surface area contributed by atoms with Crippen molar-refractivity contribution in [1.82, 2.24) is 25.3 Å². The Kier molecular flexibility index (Phi) is 10.4. The third-order valence-electron chi connectivity index (χ3n) is 4.97. The van der Waals surface area contributed by atoms with Crippen LogP contribution < -0.4 is 10.6 Å². The maximum atomic E-state index is 5.22. The standard InChI is InChI=1S/C21H32N6O.HI/c1-22-21(24-13-15-26(16-17-28-2)19-8-9-19)23-12-10-18-4-6-20(7-5-18)27-14-3-11-25-27;/h3-7,11,14,19H,8-10,12-13,15-17H2,1-2H3,(H2,22,23,24);1H. The lowest BCUT2D eigenvalue weighted by Crippen LogP contribution is -2.43. The first-order valence-electron chi connectivity index (χ1n) is 10.1. The van der Waals surface area contributed by atoms with Crippen LogP contribution in [-0.4, -0.2) is 73.6 Å². The number of methoxy groups -OCH3 is 1. The summed E-state index contributed by atoms with van der Waals surface area (Å²) in [7, 11) is 3.58. The molecule has 1 aromatic heterocycles. The van der Waals surface area contributed by atoms with Crippen molar-refractivity contribution in [3.63, 3.8) is 0 Å². The highest BCUT2D eigenvalue weighted by molar-refractivity contribution is 14.0. The van der Waals surface area contributed by atoms with Gasteiger partial charge in [-0.05, 0) is 43.0 Å². The van der Waals surface area contributed by atoms with E-state index in [0.29, 0.717) is 0 Å². The van der Waals surface area contributed by atoms with Gasteiger partial charge in [0.2, 0.25) is 0 Å². The monoisotopic (exact) mass is 512 g/mol. The molecule has 160 valence electrons. The number of nitrogens with one attached hydrogen (secondary N) is 2. The van der Waals surface area contributed by atoms with E-state index in [9.17, 15) is 0 Å². The normalized spacial score (nSPS) is 14.0. The Balaban J connectivity index is 0.00000300. The summed E-state index contributed by atoms with van der Waals surface area (Å²) in [6.45, 7) is 4.55. The molecule has 0 unspecified atom stereocenters. The Morgan fingerprint density at radius 3 is 2.59 bits per heavy atom. The van der Waals surface area contributed by atoms with E-state index in [0.717, 1.165) is 56.9 Å². The van der Waals surface area contributed by atoms with Crippen molar-refractivity contribution in [2.45, 2.75) is 25.3 Å². The third-order valence-corrected chi connectivity index (χ3v) is 4.97. The van der Waals surface area contributed by atoms with Crippen LogP contribution in [0, 0.1) is 0 Å². The molecule has 0 radical (unpaired) electrons. The number of rotatable bonds is 11. The smallest absolute Gasteiger partial charge is 0.191 e. The minimum absolute atomic E-state index is 0. The third kappa shape index (κ3) is 7.94. The Morgan fingerprint density at radius 1 is 1.21 bits per heavy atom. The van der Waals surface area contributed by atoms with Gasteiger partial charge in [0, 0.05) is 58.8 Å². The van der Waals surface area contributed by atoms with E-state index in [1.54, 1.807) is 13.3 Å². The van der Waals surface area contributed by atoms with E-state index in [4.69, 9.17) is 4.74 Å². The summed E-state index contributed by atoms with van der Waals surface area (Å²) in [4.78, 5) is 6.83. The van der Waals surface area contributed by atoms with Gasteiger partial charge in [0.25, 0.3) is 0 Å². The van der Waals surface area contributed by atoms with Crippen LogP contribution >= 0.6 is 24.0 Å². The molecule has 29 heavy (non-hydrogen) atoms. The lowest BCUT2D eigenvalue weighted by Gasteiger charge is -2.22. The molecule has 7 nitrogen and oxygen atoms in total. The van der Waals surface area contributed by atoms with Crippen molar-refractivity contribution in [3.05, 3.63) is 48.3 Å². The molecule has 2 aromatic rings. The van der Waals surface area contributed by atoms with E-state index in [2.05, 4.69) is 49.9 Å². The average molecular weight is 512 g/mol. The lowest BCUT2D eigenvalue weighted by molar-refractivity contribution is 0.144. The van der Waals surface area contributed by atoms with Gasteiger partial charge in [-0.2, -0.15) is 5.10 Å². The van der Waals surface area contributed by atoms with Gasteiger partial charge in [0.15, 0.2) is 5.96 Å². The Morgan fingerprint density at radius 2 is 1.97 bits per heavy atom. The molecule has 2 N–H and O–H groups in total. The summed E-state index contributed by atoms with van der Waals surface area (Å²) >= 11 is 0. The number of guanidine groups is 1. The predicted molar refractivity (Wildman–Crippen MR) is 129 cm³/mol. The number of aliphatic imine (C=N–C) groups is 1. The fraction of sp³-hybridized carbons (Fsp3) is 0.524. The van der Waals surface area contributed by atoms with Gasteiger partial charge in [0.05, 0.1) is 12.3 Å². The molecule has 0 amide bonds. The molecule has 0 spiro atoms. The van der Waals surface area contributed by atoms with Gasteiger partial charge in [-0.15, -0.1) is 24.0 Å². The highest BCUT2D eigenvalue weighted by Crippen LogP contribution is 2.25. The largest absolute Gasteiger partial charge is 0.383 e. The second-order valence-electron chi connectivity index (χ2n) is 7.05. The van der Waals surface area contributed by atoms with E-state index in [1.165, 1.54) is 18.4 Å². The zero-order valence-corrected chi connectivity index (χ0v) is 19.7. The summed E-state index contributed by atoms with van der Waals surface area (Å²) in [5.41, 5.74) is 2.37. The van der Waals surface area contributed by atoms with Crippen molar-refractivity contribution >= 4 is 29.9 Å². The van der Waals surface area contributed by atoms with Crippen LogP contribution in [0.1, 0.15) is 18.4 Å². The van der Waals surface area contributed by atoms with Crippen LogP contribution in [0.15, 0.2) is 47.7 Å². The van der Waals surface area contributed by atoms with Crippen molar-refractivity contribution in [2.75, 3.05) is 46.9 Å². The summed E-state index contributed by atoms with van der Waals surface area (Å²) in [6, 6.07) is 11.2. The van der Waals surface area contributed by atoms with E-state index in [1.807, 2.05) is 24.0 Å². The number of ether oxygens (including phenoxy) is 1. The van der Waals surface area contributed by atoms with Gasteiger partial charge in [-0.25, -0.2) is 4.68 Å². The van der Waals surface area contributed by atoms with Crippen molar-refractivity contribution < 1.29 is 4.74 Å². The molecule has 1 aliphatic carbocycles. The van der Waals surface area contributed by atoms with Gasteiger partial charge in [-0.3, -0.25) is 9.89 Å². The molecule has 8 heteroatoms. The highest BCUT2D eigenvalue weighted by Gasteiger charge is 2.28. The molecule has 0 atom stereocenters. The van der Waals surface area contributed by atoms with Crippen LogP contribution in [-0.2, 0) is 11.2 Å². The average Bonchev–Trinajstić information content (AvgIpc) is 3.43. The van der Waals surface area contributed by atoms with E-state index < -0.39 is 0 Å². The molecule has 0 aliphatic heterocycles. The molecule has 1 saturated carbocycles. The first kappa shape index (κ1) is 23.6. The van der Waals surface area contributed by atoms with Crippen molar-refractivity contribution in [3.8, 4) is 5.69 Å². The Labute approximate surface area is 190 Å². The minimum Gasteiger partial charge on any atom is -0.383 e. The van der Waals surface area contributed by atoms with Crippen LogP contribution in [0.4, 0.5) is 0 Å². The van der Waals surface area contributed by atoms with E-state index in [-0.39, 0.29) is 24.0 Å². The summed E-state index contributed by atoms with van der Waals surface area (Å²) < 4.78 is 7.09. The van der Waals surface area contributed by atoms with Crippen LogP contribution in [0.2, 0.25) is 0 Å². The molecule has 1 aromatic carbocycles. The first-order valence-corrected chi connectivity index (χ1v) is 10.1. The Hall–Kier alpha value is -1.65. The Bertz CT molecular complexity index is 715. The van der Waals surface area contributed by atoms with Crippen molar-refractivity contribution in [2.24, 2.45) is 4.99 Å². The second-order valence-corrected chi connectivity index (χ2v) is 7.05. The van der Waals surface area contributed by atoms with Gasteiger partial charge >= 0.3 is 0 Å². The number of hydrogen-bond acceptors (Lipinski definition) is 4. The minimum atomic E-state index is 0. The zero-order valence-electron chi connectivity index (χ0n) is 17.4. The second kappa shape index (κ2) is 12.8. The molecular formula is C21H33IN6O. The molecule has 1 heterocycles. The van der Waals surface area contributed by atoms with Crippen molar-refractivity contribution in [1.29, 1.82) is 0 Å². The maximum Gasteiger partial charge on any atom is 0.191 e. The number of halogens is 1. The maximum absolute atomic E-state index is 5.22. The zero-order chi connectivity index (χ0) is 19.6. The summed E-state index contributed by atoms with van der Waals surface area (Å²) in [6.07, 6.45) is 7.32. The van der Waals surface area contributed by atoms with Gasteiger partial charge in [-0.1, -0.05) is 12.1 Å². The number of nitrogens with zero attached hydrogens (tertiary/aromatic N) is 4. The summed E-state index contributed by atoms with van der Waals surface area (Å²) in [5, 5.41) is 11.1. The fourth-order valence-corrected chi connectivity index (χ4v) is 3.23.